The van der Waals surface area contributed by atoms with Crippen molar-refractivity contribution in [1.82, 2.24) is 4.98 Å². The van der Waals surface area contributed by atoms with Crippen LogP contribution in [0.25, 0.3) is 11.1 Å². The quantitative estimate of drug-likeness (QED) is 0.810. The maximum atomic E-state index is 10.7. The van der Waals surface area contributed by atoms with Gasteiger partial charge >= 0.3 is 0 Å². The fourth-order valence-electron chi connectivity index (χ4n) is 1.44. The van der Waals surface area contributed by atoms with E-state index in [1.54, 1.807) is 18.2 Å². The largest absolute Gasteiger partial charge is 0.383 e. The van der Waals surface area contributed by atoms with Crippen LogP contribution in [0, 0.1) is 0 Å². The summed E-state index contributed by atoms with van der Waals surface area (Å²) in [7, 11) is 0. The average Bonchev–Trinajstić information content (AvgIpc) is 2.30. The number of nitrogen functional groups attached to an aromatic ring is 1. The first-order valence-corrected chi connectivity index (χ1v) is 5.05. The van der Waals surface area contributed by atoms with Crippen molar-refractivity contribution in [2.75, 3.05) is 5.73 Å². The molecule has 1 heterocycles. The highest BCUT2D eigenvalue weighted by molar-refractivity contribution is 6.30. The monoisotopic (exact) mass is 232 g/mol. The molecule has 3 nitrogen and oxygen atoms in total. The van der Waals surface area contributed by atoms with Gasteiger partial charge in [0.2, 0.25) is 0 Å². The van der Waals surface area contributed by atoms with Crippen molar-refractivity contribution >= 4 is 23.7 Å². The number of halogens is 1. The Balaban J connectivity index is 2.58. The summed E-state index contributed by atoms with van der Waals surface area (Å²) in [4.78, 5) is 14.6. The predicted molar refractivity (Wildman–Crippen MR) is 64.5 cm³/mol. The third kappa shape index (κ3) is 2.04. The van der Waals surface area contributed by atoms with E-state index in [9.17, 15) is 4.79 Å². The Kier molecular flexibility index (Phi) is 2.88. The number of nitrogens with zero attached hydrogens (tertiary/aromatic N) is 1. The normalized spacial score (nSPS) is 10.1. The molecule has 0 spiro atoms. The van der Waals surface area contributed by atoms with Crippen LogP contribution in [0.5, 0.6) is 0 Å². The summed E-state index contributed by atoms with van der Waals surface area (Å²) in [6, 6.07) is 8.95. The van der Waals surface area contributed by atoms with Crippen LogP contribution in [-0.2, 0) is 0 Å². The highest BCUT2D eigenvalue weighted by Gasteiger charge is 2.05. The number of carbonyl (C=O) groups is 1. The number of benzene rings is 1. The maximum Gasteiger partial charge on any atom is 0.151 e. The lowest BCUT2D eigenvalue weighted by Gasteiger charge is -2.05. The van der Waals surface area contributed by atoms with Gasteiger partial charge in [0.1, 0.15) is 5.82 Å². The van der Waals surface area contributed by atoms with E-state index >= 15 is 0 Å². The van der Waals surface area contributed by atoms with Gasteiger partial charge in [-0.15, -0.1) is 0 Å². The molecule has 0 fully saturated rings. The molecule has 80 valence electrons. The zero-order valence-corrected chi connectivity index (χ0v) is 9.11. The number of nitrogens with two attached hydrogens (primary N) is 1. The van der Waals surface area contributed by atoms with Crippen molar-refractivity contribution in [3.8, 4) is 11.1 Å². The van der Waals surface area contributed by atoms with E-state index in [1.807, 2.05) is 12.1 Å². The van der Waals surface area contributed by atoms with Gasteiger partial charge in [0, 0.05) is 22.3 Å². The molecular weight excluding hydrogens is 224 g/mol. The molecule has 0 aliphatic heterocycles. The topological polar surface area (TPSA) is 56.0 Å². The summed E-state index contributed by atoms with van der Waals surface area (Å²) in [6.45, 7) is 0. The minimum Gasteiger partial charge on any atom is -0.383 e. The summed E-state index contributed by atoms with van der Waals surface area (Å²) in [5.74, 6) is 0.382. The standard InChI is InChI=1S/C12H9ClN2O/c13-10-3-1-2-9(5-10)11-4-8(7-16)6-15-12(11)14/h1-7H,(H2,14,15). The van der Waals surface area contributed by atoms with Crippen LogP contribution in [0.2, 0.25) is 5.02 Å². The summed E-state index contributed by atoms with van der Waals surface area (Å²) in [6.07, 6.45) is 2.18. The number of rotatable bonds is 2. The summed E-state index contributed by atoms with van der Waals surface area (Å²) < 4.78 is 0. The van der Waals surface area contributed by atoms with Crippen LogP contribution in [0.4, 0.5) is 5.82 Å². The highest BCUT2D eigenvalue weighted by atomic mass is 35.5. The Bertz CT molecular complexity index is 540. The maximum absolute atomic E-state index is 10.7. The first-order valence-electron chi connectivity index (χ1n) is 4.67. The molecule has 1 aromatic heterocycles. The van der Waals surface area contributed by atoms with Gasteiger partial charge in [-0.3, -0.25) is 4.79 Å². The van der Waals surface area contributed by atoms with Crippen LogP contribution in [0.3, 0.4) is 0 Å². The molecule has 0 aliphatic carbocycles. The van der Waals surface area contributed by atoms with Crippen molar-refractivity contribution in [1.29, 1.82) is 0 Å². The molecule has 0 radical (unpaired) electrons. The van der Waals surface area contributed by atoms with Crippen molar-refractivity contribution < 1.29 is 4.79 Å². The average molecular weight is 233 g/mol. The Morgan fingerprint density at radius 1 is 1.31 bits per heavy atom. The fraction of sp³-hybridized carbons (Fsp3) is 0. The van der Waals surface area contributed by atoms with Crippen molar-refractivity contribution in [3.05, 3.63) is 47.1 Å². The molecular formula is C12H9ClN2O. The van der Waals surface area contributed by atoms with Crippen LogP contribution >= 0.6 is 11.6 Å². The third-order valence-corrected chi connectivity index (χ3v) is 2.45. The number of pyridine rings is 1. The molecule has 0 atom stereocenters. The van der Waals surface area contributed by atoms with Crippen LogP contribution in [-0.4, -0.2) is 11.3 Å². The number of aldehydes is 1. The molecule has 2 aromatic rings. The molecule has 2 rings (SSSR count). The van der Waals surface area contributed by atoms with E-state index in [2.05, 4.69) is 4.98 Å². The van der Waals surface area contributed by atoms with E-state index in [1.165, 1.54) is 6.20 Å². The smallest absolute Gasteiger partial charge is 0.151 e. The van der Waals surface area contributed by atoms with Gasteiger partial charge in [-0.05, 0) is 23.8 Å². The second-order valence-corrected chi connectivity index (χ2v) is 3.77. The lowest BCUT2D eigenvalue weighted by molar-refractivity contribution is 0.112. The highest BCUT2D eigenvalue weighted by Crippen LogP contribution is 2.26. The molecule has 0 bridgehead atoms. The van der Waals surface area contributed by atoms with Gasteiger partial charge in [-0.25, -0.2) is 4.98 Å². The number of hydrogen-bond donors (Lipinski definition) is 1. The van der Waals surface area contributed by atoms with Gasteiger partial charge < -0.3 is 5.73 Å². The zero-order chi connectivity index (χ0) is 11.5. The van der Waals surface area contributed by atoms with Crippen LogP contribution < -0.4 is 5.73 Å². The SMILES string of the molecule is Nc1ncc(C=O)cc1-c1cccc(Cl)c1. The molecule has 0 amide bonds. The lowest BCUT2D eigenvalue weighted by atomic mass is 10.1. The predicted octanol–water partition coefficient (Wildman–Crippen LogP) is 2.80. The Morgan fingerprint density at radius 2 is 2.12 bits per heavy atom. The molecule has 4 heteroatoms. The van der Waals surface area contributed by atoms with Gasteiger partial charge in [-0.2, -0.15) is 0 Å². The second-order valence-electron chi connectivity index (χ2n) is 3.33. The van der Waals surface area contributed by atoms with E-state index < -0.39 is 0 Å². The Hall–Kier alpha value is -1.87. The summed E-state index contributed by atoms with van der Waals surface area (Å²) in [5, 5.41) is 0.619. The van der Waals surface area contributed by atoms with Crippen LogP contribution in [0.15, 0.2) is 36.5 Å². The first kappa shape index (κ1) is 10.6. The minimum atomic E-state index is 0.382. The van der Waals surface area contributed by atoms with E-state index in [4.69, 9.17) is 17.3 Å². The third-order valence-electron chi connectivity index (χ3n) is 2.21. The minimum absolute atomic E-state index is 0.382. The zero-order valence-electron chi connectivity index (χ0n) is 8.35. The summed E-state index contributed by atoms with van der Waals surface area (Å²) >= 11 is 5.89. The van der Waals surface area contributed by atoms with Gasteiger partial charge in [0.25, 0.3) is 0 Å². The molecule has 0 saturated heterocycles. The molecule has 2 N–H and O–H groups in total. The fourth-order valence-corrected chi connectivity index (χ4v) is 1.63. The van der Waals surface area contributed by atoms with Gasteiger partial charge in [0.15, 0.2) is 6.29 Å². The van der Waals surface area contributed by atoms with E-state index in [0.29, 0.717) is 22.0 Å². The van der Waals surface area contributed by atoms with Crippen LogP contribution in [0.1, 0.15) is 10.4 Å². The Morgan fingerprint density at radius 3 is 2.81 bits per heavy atom. The molecule has 1 aromatic carbocycles. The van der Waals surface area contributed by atoms with Crippen molar-refractivity contribution in [3.63, 3.8) is 0 Å². The molecule has 0 saturated carbocycles. The van der Waals surface area contributed by atoms with E-state index in [-0.39, 0.29) is 0 Å². The summed E-state index contributed by atoms with van der Waals surface area (Å²) in [5.41, 5.74) is 7.81. The van der Waals surface area contributed by atoms with E-state index in [0.717, 1.165) is 11.8 Å². The second kappa shape index (κ2) is 4.33. The molecule has 0 aliphatic rings. The lowest BCUT2D eigenvalue weighted by Crippen LogP contribution is -1.95. The first-order chi connectivity index (χ1) is 7.70. The van der Waals surface area contributed by atoms with Crippen molar-refractivity contribution in [2.24, 2.45) is 0 Å². The van der Waals surface area contributed by atoms with Gasteiger partial charge in [0.05, 0.1) is 0 Å². The number of anilines is 1. The number of hydrogen-bond acceptors (Lipinski definition) is 3. The molecule has 16 heavy (non-hydrogen) atoms. The van der Waals surface area contributed by atoms with Crippen molar-refractivity contribution in [2.45, 2.75) is 0 Å². The number of carbonyl (C=O) groups excluding carboxylic acids is 1. The Labute approximate surface area is 97.9 Å². The van der Waals surface area contributed by atoms with Gasteiger partial charge in [-0.1, -0.05) is 23.7 Å². The number of aromatic nitrogens is 1. The molecule has 0 unspecified atom stereocenters.